The zero-order valence-electron chi connectivity index (χ0n) is 15.5. The molecule has 0 saturated carbocycles. The van der Waals surface area contributed by atoms with E-state index in [1.807, 2.05) is 0 Å². The Balaban J connectivity index is 2.22. The number of nitrogens with zero attached hydrogens (tertiary/aromatic N) is 2. The summed E-state index contributed by atoms with van der Waals surface area (Å²) in [6, 6.07) is 0. The molecule has 2 rings (SSSR count). The second-order valence-electron chi connectivity index (χ2n) is 6.30. The van der Waals surface area contributed by atoms with Gasteiger partial charge in [0.2, 0.25) is 0 Å². The van der Waals surface area contributed by atoms with Gasteiger partial charge in [0.25, 0.3) is 5.56 Å². The van der Waals surface area contributed by atoms with Crippen molar-refractivity contribution in [2.75, 3.05) is 6.61 Å². The normalized spacial score (nSPS) is 11.1. The van der Waals surface area contributed by atoms with Gasteiger partial charge in [-0.25, -0.2) is 9.78 Å². The van der Waals surface area contributed by atoms with E-state index in [0.29, 0.717) is 27.3 Å². The molecule has 2 aromatic rings. The first-order valence-corrected chi connectivity index (χ1v) is 9.51. The van der Waals surface area contributed by atoms with Crippen LogP contribution in [0.4, 0.5) is 0 Å². The van der Waals surface area contributed by atoms with E-state index in [9.17, 15) is 14.4 Å². The summed E-state index contributed by atoms with van der Waals surface area (Å²) in [5.41, 5.74) is 0.164. The number of carbonyl (C=O) groups is 2. The Labute approximate surface area is 155 Å². The molecule has 8 heteroatoms. The molecule has 0 radical (unpaired) electrons. The molecule has 0 aliphatic rings. The molecule has 0 unspecified atom stereocenters. The molecule has 0 bridgehead atoms. The van der Waals surface area contributed by atoms with Gasteiger partial charge in [-0.05, 0) is 32.8 Å². The summed E-state index contributed by atoms with van der Waals surface area (Å²) >= 11 is 1.12. The van der Waals surface area contributed by atoms with Gasteiger partial charge in [0.1, 0.15) is 16.3 Å². The van der Waals surface area contributed by atoms with Crippen LogP contribution in [-0.4, -0.2) is 34.2 Å². The molecule has 0 spiro atoms. The number of carbonyl (C=O) groups excluding carboxylic acids is 2. The summed E-state index contributed by atoms with van der Waals surface area (Å²) in [4.78, 5) is 41.8. The van der Waals surface area contributed by atoms with Crippen LogP contribution in [0.2, 0.25) is 0 Å². The van der Waals surface area contributed by atoms with Crippen molar-refractivity contribution in [2.45, 2.75) is 59.6 Å². The number of hydrogen-bond acceptors (Lipinski definition) is 7. The zero-order chi connectivity index (χ0) is 19.3. The smallest absolute Gasteiger partial charge is 0.348 e. The van der Waals surface area contributed by atoms with Crippen LogP contribution < -0.4 is 5.56 Å². The van der Waals surface area contributed by atoms with E-state index < -0.39 is 11.9 Å². The molecule has 26 heavy (non-hydrogen) atoms. The van der Waals surface area contributed by atoms with Crippen LogP contribution in [0.25, 0.3) is 10.2 Å². The van der Waals surface area contributed by atoms with Gasteiger partial charge in [-0.3, -0.25) is 14.2 Å². The average Bonchev–Trinajstić information content (AvgIpc) is 2.91. The monoisotopic (exact) mass is 380 g/mol. The van der Waals surface area contributed by atoms with Gasteiger partial charge in [0.15, 0.2) is 0 Å². The Morgan fingerprint density at radius 3 is 2.69 bits per heavy atom. The lowest BCUT2D eigenvalue weighted by atomic mass is 10.2. The van der Waals surface area contributed by atoms with E-state index in [-0.39, 0.29) is 18.2 Å². The van der Waals surface area contributed by atoms with Crippen molar-refractivity contribution < 1.29 is 19.1 Å². The second-order valence-corrected chi connectivity index (χ2v) is 7.29. The largest absolute Gasteiger partial charge is 0.464 e. The molecule has 0 aliphatic carbocycles. The summed E-state index contributed by atoms with van der Waals surface area (Å²) in [6.07, 6.45) is 3.89. The first kappa shape index (κ1) is 20.1. The van der Waals surface area contributed by atoms with Crippen LogP contribution in [0.3, 0.4) is 0 Å². The minimum absolute atomic E-state index is 0.199. The number of aryl methyl sites for hydroxylation is 1. The first-order valence-electron chi connectivity index (χ1n) is 8.70. The topological polar surface area (TPSA) is 87.5 Å². The number of ether oxygens (including phenoxy) is 2. The fourth-order valence-electron chi connectivity index (χ4n) is 2.46. The predicted molar refractivity (Wildman–Crippen MR) is 99.7 cm³/mol. The summed E-state index contributed by atoms with van der Waals surface area (Å²) in [7, 11) is 0. The highest BCUT2D eigenvalue weighted by atomic mass is 32.1. The minimum atomic E-state index is -0.475. The summed E-state index contributed by atoms with van der Waals surface area (Å²) in [6.45, 7) is 7.42. The average molecular weight is 380 g/mol. The van der Waals surface area contributed by atoms with E-state index in [2.05, 4.69) is 11.9 Å². The number of esters is 2. The van der Waals surface area contributed by atoms with E-state index in [0.717, 1.165) is 30.6 Å². The molecule has 2 aromatic heterocycles. The van der Waals surface area contributed by atoms with Crippen LogP contribution in [0.15, 0.2) is 11.1 Å². The first-order chi connectivity index (χ1) is 12.3. The van der Waals surface area contributed by atoms with Crippen LogP contribution in [0.5, 0.6) is 0 Å². The molecule has 0 N–H and O–H groups in total. The molecule has 0 fully saturated rings. The maximum absolute atomic E-state index is 12.7. The van der Waals surface area contributed by atoms with Gasteiger partial charge >= 0.3 is 11.9 Å². The van der Waals surface area contributed by atoms with Gasteiger partial charge in [0, 0.05) is 0 Å². The van der Waals surface area contributed by atoms with Crippen molar-refractivity contribution in [3.63, 3.8) is 0 Å². The molecule has 0 aliphatic heterocycles. The molecule has 2 heterocycles. The van der Waals surface area contributed by atoms with E-state index >= 15 is 0 Å². The Hall–Kier alpha value is -2.22. The second kappa shape index (κ2) is 8.93. The van der Waals surface area contributed by atoms with Crippen molar-refractivity contribution in [1.82, 2.24) is 9.55 Å². The number of fused-ring (bicyclic) bond motifs is 1. The fraction of sp³-hybridized carbons (Fsp3) is 0.556. The minimum Gasteiger partial charge on any atom is -0.464 e. The number of unbranched alkanes of at least 4 members (excludes halogenated alkanes) is 2. The highest BCUT2D eigenvalue weighted by Gasteiger charge is 2.21. The third kappa shape index (κ3) is 4.69. The lowest BCUT2D eigenvalue weighted by Crippen LogP contribution is -2.26. The van der Waals surface area contributed by atoms with Gasteiger partial charge in [-0.1, -0.05) is 19.8 Å². The van der Waals surface area contributed by atoms with E-state index in [1.54, 1.807) is 20.8 Å². The van der Waals surface area contributed by atoms with Gasteiger partial charge in [-0.15, -0.1) is 11.3 Å². The zero-order valence-corrected chi connectivity index (χ0v) is 16.4. The fourth-order valence-corrected chi connectivity index (χ4v) is 3.48. The standard InChI is InChI=1S/C18H24N2O5S/c1-5-6-7-8-24-13(21)9-20-10-19-16-14(17(20)22)12(4)15(26-16)18(23)25-11(2)3/h10-11H,5-9H2,1-4H3. The highest BCUT2D eigenvalue weighted by Crippen LogP contribution is 2.27. The number of thiophene rings is 1. The molecular weight excluding hydrogens is 356 g/mol. The summed E-state index contributed by atoms with van der Waals surface area (Å²) in [5, 5.41) is 0.340. The van der Waals surface area contributed by atoms with Crippen LogP contribution in [0, 0.1) is 6.92 Å². The van der Waals surface area contributed by atoms with Gasteiger partial charge in [-0.2, -0.15) is 0 Å². The molecule has 0 saturated heterocycles. The number of aromatic nitrogens is 2. The van der Waals surface area contributed by atoms with Crippen LogP contribution in [0.1, 0.15) is 55.3 Å². The van der Waals surface area contributed by atoms with Gasteiger partial charge < -0.3 is 9.47 Å². The lowest BCUT2D eigenvalue weighted by Gasteiger charge is -2.07. The summed E-state index contributed by atoms with van der Waals surface area (Å²) in [5.74, 6) is -0.946. The quantitative estimate of drug-likeness (QED) is 0.517. The Kier molecular flexibility index (Phi) is 6.90. The Morgan fingerprint density at radius 2 is 2.04 bits per heavy atom. The lowest BCUT2D eigenvalue weighted by molar-refractivity contribution is -0.144. The molecule has 7 nitrogen and oxygen atoms in total. The SMILES string of the molecule is CCCCCOC(=O)Cn1cnc2sc(C(=O)OC(C)C)c(C)c2c1=O. The van der Waals surface area contributed by atoms with E-state index in [1.165, 1.54) is 10.9 Å². The van der Waals surface area contributed by atoms with Crippen molar-refractivity contribution in [3.8, 4) is 0 Å². The molecule has 0 atom stereocenters. The Morgan fingerprint density at radius 1 is 1.31 bits per heavy atom. The van der Waals surface area contributed by atoms with Crippen LogP contribution in [-0.2, 0) is 20.8 Å². The van der Waals surface area contributed by atoms with Crippen LogP contribution >= 0.6 is 11.3 Å². The highest BCUT2D eigenvalue weighted by molar-refractivity contribution is 7.20. The number of rotatable bonds is 8. The Bertz CT molecular complexity index is 853. The number of hydrogen-bond donors (Lipinski definition) is 0. The van der Waals surface area contributed by atoms with Crippen molar-refractivity contribution in [2.24, 2.45) is 0 Å². The van der Waals surface area contributed by atoms with Crippen molar-refractivity contribution >= 4 is 33.5 Å². The third-order valence-electron chi connectivity index (χ3n) is 3.76. The molecule has 0 amide bonds. The maximum atomic E-state index is 12.7. The summed E-state index contributed by atoms with van der Waals surface area (Å²) < 4.78 is 11.6. The molecule has 142 valence electrons. The molecular formula is C18H24N2O5S. The van der Waals surface area contributed by atoms with Crippen molar-refractivity contribution in [3.05, 3.63) is 27.1 Å². The predicted octanol–water partition coefficient (Wildman–Crippen LogP) is 3.07. The maximum Gasteiger partial charge on any atom is 0.348 e. The van der Waals surface area contributed by atoms with E-state index in [4.69, 9.17) is 9.47 Å². The van der Waals surface area contributed by atoms with Crippen molar-refractivity contribution in [1.29, 1.82) is 0 Å². The molecule has 0 aromatic carbocycles. The third-order valence-corrected chi connectivity index (χ3v) is 4.94. The van der Waals surface area contributed by atoms with Gasteiger partial charge in [0.05, 0.1) is 24.4 Å².